The van der Waals surface area contributed by atoms with Crippen LogP contribution in [0.5, 0.6) is 0 Å². The van der Waals surface area contributed by atoms with Gasteiger partial charge in [0, 0.05) is 34.6 Å². The normalized spacial score (nSPS) is 10.8. The van der Waals surface area contributed by atoms with Gasteiger partial charge < -0.3 is 5.32 Å². The molecule has 6 heteroatoms. The molecule has 0 aliphatic rings. The number of thiophene rings is 1. The van der Waals surface area contributed by atoms with E-state index >= 15 is 0 Å². The smallest absolute Gasteiger partial charge is 0.224 e. The van der Waals surface area contributed by atoms with Crippen LogP contribution in [-0.2, 0) is 0 Å². The summed E-state index contributed by atoms with van der Waals surface area (Å²) in [6.45, 7) is 2.09. The van der Waals surface area contributed by atoms with Gasteiger partial charge in [0.25, 0.3) is 0 Å². The predicted molar refractivity (Wildman–Crippen MR) is 80.1 cm³/mol. The molecule has 0 spiro atoms. The summed E-state index contributed by atoms with van der Waals surface area (Å²) in [4.78, 5) is 16.5. The van der Waals surface area contributed by atoms with Crippen LogP contribution < -0.4 is 5.32 Å². The zero-order valence-electron chi connectivity index (χ0n) is 10.5. The summed E-state index contributed by atoms with van der Waals surface area (Å²) < 4.78 is 0. The van der Waals surface area contributed by atoms with E-state index in [0.717, 1.165) is 20.1 Å². The monoisotopic (exact) mass is 288 g/mol. The molecule has 0 amide bonds. The highest BCUT2D eigenvalue weighted by molar-refractivity contribution is 7.99. The maximum atomic E-state index is 4.56. The minimum absolute atomic E-state index is 0.658. The van der Waals surface area contributed by atoms with Gasteiger partial charge in [-0.3, -0.25) is 4.98 Å². The van der Waals surface area contributed by atoms with E-state index in [9.17, 15) is 0 Å². The molecule has 3 aromatic heterocycles. The molecule has 96 valence electrons. The first-order chi connectivity index (χ1) is 9.26. The van der Waals surface area contributed by atoms with E-state index in [4.69, 9.17) is 0 Å². The summed E-state index contributed by atoms with van der Waals surface area (Å²) in [7, 11) is 1.84. The molecule has 3 heterocycles. The van der Waals surface area contributed by atoms with Crippen molar-refractivity contribution in [2.24, 2.45) is 0 Å². The fourth-order valence-corrected chi connectivity index (χ4v) is 3.55. The number of fused-ring (bicyclic) bond motifs is 1. The third-order valence-corrected chi connectivity index (χ3v) is 4.53. The van der Waals surface area contributed by atoms with Crippen LogP contribution in [0.4, 0.5) is 5.95 Å². The van der Waals surface area contributed by atoms with Gasteiger partial charge in [-0.2, -0.15) is 0 Å². The van der Waals surface area contributed by atoms with Gasteiger partial charge in [-0.1, -0.05) is 11.8 Å². The average Bonchev–Trinajstić information content (AvgIpc) is 2.80. The summed E-state index contributed by atoms with van der Waals surface area (Å²) >= 11 is 3.33. The Morgan fingerprint density at radius 3 is 2.74 bits per heavy atom. The molecule has 19 heavy (non-hydrogen) atoms. The molecule has 0 aliphatic carbocycles. The third kappa shape index (κ3) is 2.54. The second kappa shape index (κ2) is 5.14. The van der Waals surface area contributed by atoms with Crippen molar-refractivity contribution < 1.29 is 0 Å². The van der Waals surface area contributed by atoms with E-state index in [1.165, 1.54) is 4.88 Å². The topological polar surface area (TPSA) is 50.7 Å². The lowest BCUT2D eigenvalue weighted by atomic mass is 10.4. The number of rotatable bonds is 3. The second-order valence-electron chi connectivity index (χ2n) is 3.96. The number of aryl methyl sites for hydroxylation is 1. The van der Waals surface area contributed by atoms with Crippen molar-refractivity contribution >= 4 is 39.3 Å². The van der Waals surface area contributed by atoms with Crippen molar-refractivity contribution in [3.63, 3.8) is 0 Å². The minimum Gasteiger partial charge on any atom is -0.357 e. The Morgan fingerprint density at radius 1 is 1.21 bits per heavy atom. The Morgan fingerprint density at radius 2 is 2.00 bits per heavy atom. The molecule has 4 nitrogen and oxygen atoms in total. The van der Waals surface area contributed by atoms with E-state index in [1.807, 2.05) is 19.2 Å². The zero-order chi connectivity index (χ0) is 13.2. The number of hydrogen-bond donors (Lipinski definition) is 1. The fourth-order valence-electron chi connectivity index (χ4n) is 1.72. The zero-order valence-corrected chi connectivity index (χ0v) is 12.2. The van der Waals surface area contributed by atoms with Crippen molar-refractivity contribution in [1.82, 2.24) is 15.0 Å². The van der Waals surface area contributed by atoms with Gasteiger partial charge in [0.1, 0.15) is 9.86 Å². The van der Waals surface area contributed by atoms with Crippen LogP contribution >= 0.6 is 23.1 Å². The number of pyridine rings is 1. The Bertz CT molecular complexity index is 709. The first-order valence-electron chi connectivity index (χ1n) is 5.80. The van der Waals surface area contributed by atoms with Crippen molar-refractivity contribution in [3.8, 4) is 0 Å². The standard InChI is InChI=1S/C13H12N4S2/c1-8-7-10-11(18-8)16-13(14-2)17-12(10)19-9-3-5-15-6-4-9/h3-7H,1-2H3,(H,14,16,17). The number of nitrogens with one attached hydrogen (secondary N) is 1. The van der Waals surface area contributed by atoms with Crippen LogP contribution in [0.25, 0.3) is 10.2 Å². The van der Waals surface area contributed by atoms with Crippen molar-refractivity contribution in [1.29, 1.82) is 0 Å². The summed E-state index contributed by atoms with van der Waals surface area (Å²) in [5, 5.41) is 5.10. The summed E-state index contributed by atoms with van der Waals surface area (Å²) in [6.07, 6.45) is 3.58. The molecule has 0 aromatic carbocycles. The number of hydrogen-bond acceptors (Lipinski definition) is 6. The molecule has 0 unspecified atom stereocenters. The van der Waals surface area contributed by atoms with Crippen LogP contribution in [0.15, 0.2) is 40.5 Å². The van der Waals surface area contributed by atoms with Gasteiger partial charge in [-0.25, -0.2) is 9.97 Å². The largest absolute Gasteiger partial charge is 0.357 e. The van der Waals surface area contributed by atoms with Crippen molar-refractivity contribution in [3.05, 3.63) is 35.5 Å². The van der Waals surface area contributed by atoms with Crippen LogP contribution in [-0.4, -0.2) is 22.0 Å². The molecular formula is C13H12N4S2. The van der Waals surface area contributed by atoms with Crippen LogP contribution in [0.2, 0.25) is 0 Å². The van der Waals surface area contributed by atoms with Crippen molar-refractivity contribution in [2.45, 2.75) is 16.8 Å². The van der Waals surface area contributed by atoms with E-state index in [2.05, 4.69) is 33.3 Å². The SMILES string of the molecule is CNc1nc(Sc2ccncc2)c2cc(C)sc2n1. The van der Waals surface area contributed by atoms with E-state index < -0.39 is 0 Å². The molecule has 0 fully saturated rings. The van der Waals surface area contributed by atoms with E-state index in [-0.39, 0.29) is 0 Å². The molecule has 3 aromatic rings. The molecule has 0 saturated carbocycles. The van der Waals surface area contributed by atoms with Crippen molar-refractivity contribution in [2.75, 3.05) is 12.4 Å². The van der Waals surface area contributed by atoms with Gasteiger partial charge in [-0.15, -0.1) is 11.3 Å². The van der Waals surface area contributed by atoms with Gasteiger partial charge in [0.05, 0.1) is 0 Å². The molecule has 3 rings (SSSR count). The Kier molecular flexibility index (Phi) is 3.35. The van der Waals surface area contributed by atoms with Gasteiger partial charge in [0.2, 0.25) is 5.95 Å². The highest BCUT2D eigenvalue weighted by atomic mass is 32.2. The summed E-state index contributed by atoms with van der Waals surface area (Å²) in [5.74, 6) is 0.658. The van der Waals surface area contributed by atoms with E-state index in [0.29, 0.717) is 5.95 Å². The molecule has 1 N–H and O–H groups in total. The Labute approximate surface area is 119 Å². The molecular weight excluding hydrogens is 276 g/mol. The van der Waals surface area contributed by atoms with E-state index in [1.54, 1.807) is 35.5 Å². The number of aromatic nitrogens is 3. The predicted octanol–water partition coefficient (Wildman–Crippen LogP) is 3.59. The first-order valence-corrected chi connectivity index (χ1v) is 7.43. The molecule has 0 aliphatic heterocycles. The Balaban J connectivity index is 2.10. The lowest BCUT2D eigenvalue weighted by molar-refractivity contribution is 1.10. The lowest BCUT2D eigenvalue weighted by Gasteiger charge is -2.04. The second-order valence-corrected chi connectivity index (χ2v) is 6.26. The molecule has 0 saturated heterocycles. The Hall–Kier alpha value is -1.66. The lowest BCUT2D eigenvalue weighted by Crippen LogP contribution is -1.96. The highest BCUT2D eigenvalue weighted by Gasteiger charge is 2.11. The number of anilines is 1. The van der Waals surface area contributed by atoms with Gasteiger partial charge >= 0.3 is 0 Å². The summed E-state index contributed by atoms with van der Waals surface area (Å²) in [5.41, 5.74) is 0. The third-order valence-electron chi connectivity index (χ3n) is 2.57. The van der Waals surface area contributed by atoms with Gasteiger partial charge in [-0.05, 0) is 25.1 Å². The maximum Gasteiger partial charge on any atom is 0.224 e. The maximum absolute atomic E-state index is 4.56. The van der Waals surface area contributed by atoms with Crippen LogP contribution in [0.3, 0.4) is 0 Å². The molecule has 0 bridgehead atoms. The first kappa shape index (κ1) is 12.4. The molecule has 0 radical (unpaired) electrons. The fraction of sp³-hybridized carbons (Fsp3) is 0.154. The highest BCUT2D eigenvalue weighted by Crippen LogP contribution is 2.35. The van der Waals surface area contributed by atoms with Crippen LogP contribution in [0, 0.1) is 6.92 Å². The molecule has 0 atom stereocenters. The number of nitrogens with zero attached hydrogens (tertiary/aromatic N) is 3. The average molecular weight is 288 g/mol. The van der Waals surface area contributed by atoms with Crippen LogP contribution in [0.1, 0.15) is 4.88 Å². The quantitative estimate of drug-likeness (QED) is 0.746. The summed E-state index contributed by atoms with van der Waals surface area (Å²) in [6, 6.07) is 6.11. The van der Waals surface area contributed by atoms with Gasteiger partial charge in [0.15, 0.2) is 0 Å². The minimum atomic E-state index is 0.658.